The molecular formula is C14H26N2O7S. The van der Waals surface area contributed by atoms with Crippen LogP contribution in [0.5, 0.6) is 0 Å². The second-order valence-corrected chi connectivity index (χ2v) is 7.41. The Kier molecular flexibility index (Phi) is 8.40. The van der Waals surface area contributed by atoms with Gasteiger partial charge in [-0.15, -0.1) is 0 Å². The van der Waals surface area contributed by atoms with Crippen molar-refractivity contribution in [3.05, 3.63) is 0 Å². The maximum atomic E-state index is 11.6. The summed E-state index contributed by atoms with van der Waals surface area (Å²) in [5.74, 6) is -2.95. The van der Waals surface area contributed by atoms with Gasteiger partial charge < -0.3 is 35.3 Å². The highest BCUT2D eigenvalue weighted by Crippen LogP contribution is 2.31. The molecule has 0 aromatic rings. The van der Waals surface area contributed by atoms with Gasteiger partial charge in [-0.05, 0) is 6.92 Å². The Bertz CT molecular complexity index is 425. The van der Waals surface area contributed by atoms with Crippen molar-refractivity contribution in [3.8, 4) is 0 Å². The fourth-order valence-corrected chi connectivity index (χ4v) is 3.47. The zero-order chi connectivity index (χ0) is 18.3. The van der Waals surface area contributed by atoms with Gasteiger partial charge in [-0.25, -0.2) is 4.79 Å². The Labute approximate surface area is 144 Å². The Morgan fingerprint density at radius 3 is 2.67 bits per heavy atom. The van der Waals surface area contributed by atoms with Gasteiger partial charge in [0.2, 0.25) is 5.91 Å². The molecule has 1 aliphatic heterocycles. The van der Waals surface area contributed by atoms with Gasteiger partial charge in [-0.2, -0.15) is 0 Å². The number of carbonyl (C=O) groups excluding carboxylic acids is 1. The number of ether oxygens (including phenoxy) is 2. The van der Waals surface area contributed by atoms with Gasteiger partial charge in [0, 0.05) is 26.3 Å². The van der Waals surface area contributed by atoms with Crippen molar-refractivity contribution in [2.45, 2.75) is 50.7 Å². The Balaban J connectivity index is 2.63. The molecule has 0 spiro atoms. The Morgan fingerprint density at radius 1 is 1.50 bits per heavy atom. The molecule has 1 rings (SSSR count). The minimum atomic E-state index is -1.98. The van der Waals surface area contributed by atoms with Gasteiger partial charge in [0.25, 0.3) is 5.79 Å². The highest BCUT2D eigenvalue weighted by molar-refractivity contribution is 7.91. The van der Waals surface area contributed by atoms with Crippen LogP contribution in [-0.2, 0) is 30.2 Å². The van der Waals surface area contributed by atoms with Crippen molar-refractivity contribution in [1.29, 1.82) is 0 Å². The average molecular weight is 366 g/mol. The van der Waals surface area contributed by atoms with Crippen LogP contribution >= 0.6 is 0 Å². The summed E-state index contributed by atoms with van der Waals surface area (Å²) < 4.78 is 22.4. The second kappa shape index (κ2) is 9.54. The number of carboxylic acids is 1. The molecule has 5 N–H and O–H groups in total. The minimum Gasteiger partial charge on any atom is -0.616 e. The van der Waals surface area contributed by atoms with E-state index < -0.39 is 41.2 Å². The van der Waals surface area contributed by atoms with Crippen molar-refractivity contribution in [1.82, 2.24) is 5.32 Å². The van der Waals surface area contributed by atoms with Crippen molar-refractivity contribution in [3.63, 3.8) is 0 Å². The predicted molar refractivity (Wildman–Crippen MR) is 86.6 cm³/mol. The number of aliphatic carboxylic acids is 1. The van der Waals surface area contributed by atoms with Gasteiger partial charge in [0.05, 0.1) is 24.9 Å². The van der Waals surface area contributed by atoms with E-state index in [1.165, 1.54) is 6.92 Å². The lowest BCUT2D eigenvalue weighted by atomic mass is 9.93. The second-order valence-electron chi connectivity index (χ2n) is 5.72. The SMILES string of the molecule is CC(=O)N[C@H]1[C@H](C)O[C@@](OCCC[S+]([O-])CCN)(C(=O)O)C[C@@H]1O. The third kappa shape index (κ3) is 5.87. The Hall–Kier alpha value is -0.910. The fourth-order valence-electron chi connectivity index (χ4n) is 2.57. The number of hydrogen-bond acceptors (Lipinski definition) is 7. The van der Waals surface area contributed by atoms with Crippen LogP contribution < -0.4 is 11.1 Å². The van der Waals surface area contributed by atoms with E-state index in [0.29, 0.717) is 24.5 Å². The lowest BCUT2D eigenvalue weighted by Crippen LogP contribution is -2.63. The molecule has 140 valence electrons. The number of carbonyl (C=O) groups is 2. The third-order valence-corrected chi connectivity index (χ3v) is 5.10. The molecule has 1 unspecified atom stereocenters. The van der Waals surface area contributed by atoms with Crippen molar-refractivity contribution in [2.24, 2.45) is 5.73 Å². The van der Waals surface area contributed by atoms with E-state index in [1.54, 1.807) is 6.92 Å². The maximum absolute atomic E-state index is 11.6. The van der Waals surface area contributed by atoms with Crippen molar-refractivity contribution >= 4 is 23.1 Å². The molecule has 0 aliphatic carbocycles. The number of aliphatic hydroxyl groups excluding tert-OH is 1. The van der Waals surface area contributed by atoms with Crippen LogP contribution in [0.4, 0.5) is 0 Å². The molecule has 0 aromatic carbocycles. The molecule has 0 aromatic heterocycles. The summed E-state index contributed by atoms with van der Waals surface area (Å²) in [6, 6.07) is -0.712. The monoisotopic (exact) mass is 366 g/mol. The first-order valence-electron chi connectivity index (χ1n) is 7.77. The molecule has 1 fully saturated rings. The maximum Gasteiger partial charge on any atom is 0.364 e. The summed E-state index contributed by atoms with van der Waals surface area (Å²) in [4.78, 5) is 22.8. The van der Waals surface area contributed by atoms with E-state index in [4.69, 9.17) is 15.2 Å². The summed E-state index contributed by atoms with van der Waals surface area (Å²) in [6.07, 6.45) is -1.81. The number of amides is 1. The third-order valence-electron chi connectivity index (χ3n) is 3.67. The van der Waals surface area contributed by atoms with Crippen LogP contribution in [0.2, 0.25) is 0 Å². The summed E-state index contributed by atoms with van der Waals surface area (Å²) >= 11 is -1.07. The average Bonchev–Trinajstić information content (AvgIpc) is 2.47. The van der Waals surface area contributed by atoms with E-state index in [-0.39, 0.29) is 18.9 Å². The lowest BCUT2D eigenvalue weighted by Gasteiger charge is -2.43. The molecule has 0 bridgehead atoms. The summed E-state index contributed by atoms with van der Waals surface area (Å²) in [5, 5.41) is 22.2. The molecule has 0 radical (unpaired) electrons. The quantitative estimate of drug-likeness (QED) is 0.286. The zero-order valence-electron chi connectivity index (χ0n) is 13.9. The molecule has 1 amide bonds. The number of nitrogens with two attached hydrogens (primary N) is 1. The first-order valence-corrected chi connectivity index (χ1v) is 9.26. The van der Waals surface area contributed by atoms with Gasteiger partial charge in [-0.1, -0.05) is 11.2 Å². The molecule has 5 atom stereocenters. The van der Waals surface area contributed by atoms with Gasteiger partial charge in [-0.3, -0.25) is 4.79 Å². The summed E-state index contributed by atoms with van der Waals surface area (Å²) in [6.45, 7) is 3.20. The smallest absolute Gasteiger partial charge is 0.364 e. The molecule has 1 heterocycles. The van der Waals surface area contributed by atoms with E-state index in [0.717, 1.165) is 0 Å². The Morgan fingerprint density at radius 2 is 2.17 bits per heavy atom. The number of hydrogen-bond donors (Lipinski definition) is 4. The molecule has 24 heavy (non-hydrogen) atoms. The first kappa shape index (κ1) is 21.1. The van der Waals surface area contributed by atoms with Crippen LogP contribution in [0, 0.1) is 0 Å². The van der Waals surface area contributed by atoms with Gasteiger partial charge in [0.15, 0.2) is 0 Å². The minimum absolute atomic E-state index is 0.0207. The highest BCUT2D eigenvalue weighted by Gasteiger charge is 2.51. The standard InChI is InChI=1S/C14H26N2O7S/c1-9-12(16-10(2)17)11(18)8-14(23-9,13(19)20)22-5-3-6-24(21)7-4-15/h9,11-12,18H,3-8,15H2,1-2H3,(H,16,17)(H,19,20)/t9-,11-,12-,14+,24?/m0/s1. The molecule has 0 saturated carbocycles. The fraction of sp³-hybridized carbons (Fsp3) is 0.857. The highest BCUT2D eigenvalue weighted by atomic mass is 32.2. The van der Waals surface area contributed by atoms with Crippen molar-refractivity contribution < 1.29 is 33.8 Å². The normalized spacial score (nSPS) is 31.5. The van der Waals surface area contributed by atoms with Gasteiger partial charge in [0.1, 0.15) is 11.5 Å². The molecular weight excluding hydrogens is 340 g/mol. The zero-order valence-corrected chi connectivity index (χ0v) is 14.7. The molecule has 1 aliphatic rings. The van der Waals surface area contributed by atoms with Crippen LogP contribution in [0.25, 0.3) is 0 Å². The molecule has 1 saturated heterocycles. The van der Waals surface area contributed by atoms with Crippen LogP contribution in [-0.4, -0.2) is 75.3 Å². The number of rotatable bonds is 9. The lowest BCUT2D eigenvalue weighted by molar-refractivity contribution is -0.292. The summed E-state index contributed by atoms with van der Waals surface area (Å²) in [7, 11) is 0. The van der Waals surface area contributed by atoms with Crippen LogP contribution in [0.1, 0.15) is 26.7 Å². The van der Waals surface area contributed by atoms with Crippen LogP contribution in [0.3, 0.4) is 0 Å². The van der Waals surface area contributed by atoms with Gasteiger partial charge >= 0.3 is 5.97 Å². The number of carboxylic acid groups (broad SMARTS) is 1. The largest absolute Gasteiger partial charge is 0.616 e. The topological polar surface area (TPSA) is 154 Å². The van der Waals surface area contributed by atoms with Crippen molar-refractivity contribution in [2.75, 3.05) is 24.7 Å². The van der Waals surface area contributed by atoms with Crippen LogP contribution in [0.15, 0.2) is 0 Å². The number of aliphatic hydroxyl groups is 1. The predicted octanol–water partition coefficient (Wildman–Crippen LogP) is -1.44. The van der Waals surface area contributed by atoms with E-state index >= 15 is 0 Å². The van der Waals surface area contributed by atoms with E-state index in [9.17, 15) is 24.4 Å². The first-order chi connectivity index (χ1) is 11.2. The van der Waals surface area contributed by atoms with E-state index in [2.05, 4.69) is 5.32 Å². The number of nitrogens with one attached hydrogen (secondary N) is 1. The summed E-state index contributed by atoms with van der Waals surface area (Å²) in [5.41, 5.74) is 5.31. The molecule has 9 nitrogen and oxygen atoms in total. The molecule has 10 heteroatoms. The van der Waals surface area contributed by atoms with E-state index in [1.807, 2.05) is 0 Å².